The maximum atomic E-state index is 14.4. The van der Waals surface area contributed by atoms with Crippen LogP contribution < -0.4 is 53.2 Å². The van der Waals surface area contributed by atoms with Crippen molar-refractivity contribution in [2.45, 2.75) is 218 Å². The molecule has 43 heteroatoms. The van der Waals surface area contributed by atoms with Crippen LogP contribution in [-0.2, 0) is 91.7 Å². The standard InChI is InChI=1S/C24H25F3N4O4.C24H26F2N4O4.2C23H22ClFN6O3/c1-12-6-7-14(9-15(12)25)29-20(33)18-13(2)17(16-5-4-8-31(16)18)19(32)21(34)30-23(22(35)28-3)10-24(26,27)11-23;1-13-6-8-15(9-7-13)28-20(32)18-14(2)17(16-5-4-10-30(16)18)19(31)21(33)29-23(22(34)27-3)11-24(25,26)12-23;2*1-11-3-4-14(8-15(11)24)27-21(33)19-12(2)18(16-7-13(25)10-31(16)19)20(32)22(34)28-23(5-6-23)17-9-26-30-29-17/h6-7,9H,4-5,8,10-11H2,1-3H3,(H,28,35)(H,29,33)(H,30,34);6-9H,4-5,10-12H2,1-3H3,(H,27,34)(H,28,32)(H,29,33);2*3-4,8-9,13H,5-7,10H2,1-2H3,(H,27,33)(H,28,34)(H,26,29,30)/t;;2*13-/m..10/s1. The van der Waals surface area contributed by atoms with Gasteiger partial charge in [-0.05, 0) is 194 Å². The highest BCUT2D eigenvalue weighted by atomic mass is 35.5. The van der Waals surface area contributed by atoms with Crippen molar-refractivity contribution in [1.82, 2.24) is 81.0 Å². The third-order valence-corrected chi connectivity index (χ3v) is 26.9. The van der Waals surface area contributed by atoms with Crippen LogP contribution in [-0.4, -0.2) is 181 Å². The van der Waals surface area contributed by atoms with Crippen LogP contribution in [0.5, 0.6) is 0 Å². The lowest BCUT2D eigenvalue weighted by molar-refractivity contribution is -0.164. The normalized spacial score (nSPS) is 17.5. The Morgan fingerprint density at radius 3 is 1.04 bits per heavy atom. The number of Topliss-reactive ketones (excluding diaryl/α,β-unsaturated/α-hetero) is 4. The summed E-state index contributed by atoms with van der Waals surface area (Å²) in [5.74, 6) is -17.9. The van der Waals surface area contributed by atoms with Crippen molar-refractivity contribution >= 4 is 128 Å². The van der Waals surface area contributed by atoms with Crippen LogP contribution in [0.25, 0.3) is 0 Å². The Kier molecular flexibility index (Phi) is 26.6. The SMILES string of the molecule is CNC(=O)C1(NC(=O)C(=O)c2c(C)c(C(=O)Nc3ccc(C)c(F)c3)n3c2CCC3)CC(F)(F)C1.CNC(=O)C1(NC(=O)C(=O)c2c(C)c(C(=O)Nc3ccc(C)cc3)n3c2CCC3)CC(F)(F)C1.Cc1ccc(NC(=O)c2c(C)c(C(=O)C(=O)NC3(c4cn[nH]n4)CC3)c3n2C[C@@H](F)C3)cc1Cl.Cc1ccc(NC(=O)c2c(C)c(C(=O)C(=O)NC3(c4cn[nH]n4)CC3)c3n2C[C@H](F)C3)cc1Cl. The molecule has 0 bridgehead atoms. The third kappa shape index (κ3) is 19.0. The van der Waals surface area contributed by atoms with E-state index >= 15 is 0 Å². The Labute approximate surface area is 787 Å². The quantitative estimate of drug-likeness (QED) is 0.0152. The Morgan fingerprint density at radius 2 is 0.723 bits per heavy atom. The molecule has 4 aliphatic carbocycles. The number of amides is 10. The Balaban J connectivity index is 0.000000139. The highest BCUT2D eigenvalue weighted by molar-refractivity contribution is 6.46. The summed E-state index contributed by atoms with van der Waals surface area (Å²) in [5.41, 5.74) is 4.84. The second-order valence-electron chi connectivity index (χ2n) is 35.8. The van der Waals surface area contributed by atoms with Gasteiger partial charge in [-0.1, -0.05) is 59.1 Å². The maximum absolute atomic E-state index is 14.4. The number of rotatable bonds is 24. The monoisotopic (exact) mass is 1930 g/mol. The van der Waals surface area contributed by atoms with E-state index in [0.29, 0.717) is 148 Å². The molecule has 18 rings (SSSR count). The van der Waals surface area contributed by atoms with Crippen molar-refractivity contribution in [1.29, 1.82) is 0 Å². The highest BCUT2D eigenvalue weighted by Crippen LogP contribution is 2.50. The summed E-state index contributed by atoms with van der Waals surface area (Å²) in [5, 5.41) is 47.0. The van der Waals surface area contributed by atoms with E-state index in [2.05, 4.69) is 84.0 Å². The van der Waals surface area contributed by atoms with Crippen LogP contribution in [0.4, 0.5) is 53.5 Å². The van der Waals surface area contributed by atoms with Gasteiger partial charge in [0, 0.05) is 121 Å². The number of nitrogens with zero attached hydrogens (tertiary/aromatic N) is 8. The topological polar surface area (TPSA) is 462 Å². The number of aromatic nitrogens is 10. The number of ketones is 4. The molecule has 718 valence electrons. The number of fused-ring (bicyclic) bond motifs is 4. The molecular weight excluding hydrogens is 1840 g/mol. The molecule has 34 nitrogen and oxygen atoms in total. The minimum Gasteiger partial charge on any atom is -0.357 e. The van der Waals surface area contributed by atoms with Crippen LogP contribution in [0.2, 0.25) is 10.0 Å². The summed E-state index contributed by atoms with van der Waals surface area (Å²) in [6.07, 6.45) is 1.59. The summed E-state index contributed by atoms with van der Waals surface area (Å²) in [6, 6.07) is 21.7. The van der Waals surface area contributed by atoms with E-state index in [9.17, 15) is 97.9 Å². The van der Waals surface area contributed by atoms with Gasteiger partial charge >= 0.3 is 0 Å². The van der Waals surface area contributed by atoms with Crippen molar-refractivity contribution in [2.75, 3.05) is 35.4 Å². The molecule has 8 aliphatic rings. The molecule has 12 N–H and O–H groups in total. The fourth-order valence-electron chi connectivity index (χ4n) is 18.9. The molecular formula is C94H95Cl2F7N20O14. The average Bonchev–Trinajstić information content (AvgIpc) is 1.72. The fraction of sp³-hybridized carbons (Fsp3) is 0.383. The highest BCUT2D eigenvalue weighted by Gasteiger charge is 2.64. The Morgan fingerprint density at radius 1 is 0.409 bits per heavy atom. The molecule has 2 atom stereocenters. The first-order valence-electron chi connectivity index (χ1n) is 43.9. The fourth-order valence-corrected chi connectivity index (χ4v) is 19.3. The number of nitrogens with one attached hydrogen (secondary N) is 12. The minimum absolute atomic E-state index is 0.0124. The molecule has 0 saturated heterocycles. The number of hydrogen-bond donors (Lipinski definition) is 12. The van der Waals surface area contributed by atoms with Gasteiger partial charge in [0.2, 0.25) is 11.8 Å². The summed E-state index contributed by atoms with van der Waals surface area (Å²) in [6.45, 7) is 14.3. The first-order valence-corrected chi connectivity index (χ1v) is 44.7. The molecule has 137 heavy (non-hydrogen) atoms. The van der Waals surface area contributed by atoms with Gasteiger partial charge in [0.25, 0.3) is 82.2 Å². The van der Waals surface area contributed by atoms with Gasteiger partial charge in [-0.2, -0.15) is 30.8 Å². The zero-order chi connectivity index (χ0) is 98.9. The summed E-state index contributed by atoms with van der Waals surface area (Å²) in [4.78, 5) is 181. The molecule has 0 spiro atoms. The first-order chi connectivity index (χ1) is 64.8. The van der Waals surface area contributed by atoms with E-state index in [1.807, 2.05) is 32.9 Å². The third-order valence-electron chi connectivity index (χ3n) is 26.1. The summed E-state index contributed by atoms with van der Waals surface area (Å²) in [7, 11) is 2.53. The van der Waals surface area contributed by atoms with Crippen molar-refractivity contribution in [3.8, 4) is 0 Å². The van der Waals surface area contributed by atoms with Gasteiger partial charge in [-0.15, -0.1) is 0 Å². The van der Waals surface area contributed by atoms with Crippen LogP contribution in [0.15, 0.2) is 91.3 Å². The molecule has 6 aromatic heterocycles. The first kappa shape index (κ1) is 97.3. The number of benzene rings is 4. The Bertz CT molecular complexity index is 6490. The number of carbonyl (C=O) groups is 14. The van der Waals surface area contributed by atoms with Crippen LogP contribution in [0, 0.1) is 61.2 Å². The van der Waals surface area contributed by atoms with Gasteiger partial charge in [-0.3, -0.25) is 67.1 Å². The number of carbonyl (C=O) groups excluding carboxylic acids is 14. The van der Waals surface area contributed by atoms with Gasteiger partial charge in [-0.25, -0.2) is 30.7 Å². The lowest BCUT2D eigenvalue weighted by Gasteiger charge is -2.45. The van der Waals surface area contributed by atoms with E-state index in [4.69, 9.17) is 23.2 Å². The van der Waals surface area contributed by atoms with Gasteiger partial charge in [0.05, 0.1) is 58.8 Å². The second kappa shape index (κ2) is 37.4. The van der Waals surface area contributed by atoms with Crippen molar-refractivity contribution in [2.24, 2.45) is 0 Å². The van der Waals surface area contributed by atoms with Crippen molar-refractivity contribution in [3.05, 3.63) is 231 Å². The lowest BCUT2D eigenvalue weighted by atomic mass is 9.72. The lowest BCUT2D eigenvalue weighted by Crippen LogP contribution is -2.69. The second-order valence-corrected chi connectivity index (χ2v) is 36.7. The predicted molar refractivity (Wildman–Crippen MR) is 483 cm³/mol. The van der Waals surface area contributed by atoms with Gasteiger partial charge < -0.3 is 71.4 Å². The molecule has 10 heterocycles. The molecule has 4 aromatic carbocycles. The molecule has 0 unspecified atom stereocenters. The number of anilines is 4. The average molecular weight is 1930 g/mol. The van der Waals surface area contributed by atoms with Crippen LogP contribution in [0.1, 0.15) is 226 Å². The number of H-pyrrole nitrogens is 2. The van der Waals surface area contributed by atoms with Crippen LogP contribution in [0.3, 0.4) is 0 Å². The number of halogens is 9. The largest absolute Gasteiger partial charge is 0.357 e. The zero-order valence-corrected chi connectivity index (χ0v) is 77.2. The number of likely N-dealkylation sites (N-methyl/N-ethyl adjacent to an activating group) is 2. The molecule has 4 saturated carbocycles. The van der Waals surface area contributed by atoms with Crippen molar-refractivity contribution in [3.63, 3.8) is 0 Å². The van der Waals surface area contributed by atoms with Gasteiger partial charge in [0.1, 0.15) is 63.4 Å². The Hall–Kier alpha value is -14.3. The van der Waals surface area contributed by atoms with E-state index in [1.165, 1.54) is 54.7 Å². The molecule has 10 amide bonds. The minimum atomic E-state index is -3.13. The number of alkyl halides is 6. The molecule has 4 fully saturated rings. The predicted octanol–water partition coefficient (Wildman–Crippen LogP) is 11.2. The van der Waals surface area contributed by atoms with E-state index in [-0.39, 0.29) is 82.2 Å². The molecule has 0 radical (unpaired) electrons. The number of hydrogen-bond acceptors (Lipinski definition) is 18. The van der Waals surface area contributed by atoms with Gasteiger partial charge in [0.15, 0.2) is 0 Å². The molecule has 4 aliphatic heterocycles. The zero-order valence-electron chi connectivity index (χ0n) is 75.7. The van der Waals surface area contributed by atoms with E-state index in [1.54, 1.807) is 91.4 Å². The van der Waals surface area contributed by atoms with Crippen molar-refractivity contribution < 1.29 is 97.9 Å². The van der Waals surface area contributed by atoms with E-state index in [0.717, 1.165) is 16.7 Å². The van der Waals surface area contributed by atoms with Crippen LogP contribution >= 0.6 is 23.2 Å². The smallest absolute Gasteiger partial charge is 0.293 e. The summed E-state index contributed by atoms with van der Waals surface area (Å²) < 4.78 is 103. The number of aryl methyl sites for hydroxylation is 4. The maximum Gasteiger partial charge on any atom is 0.293 e. The summed E-state index contributed by atoms with van der Waals surface area (Å²) >= 11 is 12.3. The van der Waals surface area contributed by atoms with E-state index < -0.39 is 160 Å². The number of aromatic amines is 2. The molecule has 10 aromatic rings.